The van der Waals surface area contributed by atoms with Crippen LogP contribution in [0.4, 0.5) is 0 Å². The molecule has 1 aromatic carbocycles. The average molecular weight is 412 g/mol. The molecule has 3 nitrogen and oxygen atoms in total. The number of carbonyl (C=O) groups is 1. The van der Waals surface area contributed by atoms with E-state index in [1.807, 2.05) is 25.1 Å². The van der Waals surface area contributed by atoms with Crippen LogP contribution >= 0.6 is 38.5 Å². The second kappa shape index (κ2) is 7.33. The van der Waals surface area contributed by atoms with E-state index in [1.54, 1.807) is 7.11 Å². The van der Waals surface area contributed by atoms with Gasteiger partial charge in [0.25, 0.3) is 5.91 Å². The van der Waals surface area contributed by atoms with Crippen molar-refractivity contribution in [1.29, 1.82) is 0 Å². The predicted octanol–water partition coefficient (Wildman–Crippen LogP) is 2.74. The van der Waals surface area contributed by atoms with E-state index in [2.05, 4.69) is 43.8 Å². The summed E-state index contributed by atoms with van der Waals surface area (Å²) in [7, 11) is 1.64. The zero-order valence-corrected chi connectivity index (χ0v) is 13.5. The van der Waals surface area contributed by atoms with Gasteiger partial charge in [-0.25, -0.2) is 0 Å². The van der Waals surface area contributed by atoms with Gasteiger partial charge in [0.1, 0.15) is 0 Å². The molecule has 0 heterocycles. The smallest absolute Gasteiger partial charge is 0.252 e. The summed E-state index contributed by atoms with van der Waals surface area (Å²) in [5.74, 6) is -0.0429. The highest BCUT2D eigenvalue weighted by molar-refractivity contribution is 14.1. The van der Waals surface area contributed by atoms with E-state index in [9.17, 15) is 4.79 Å². The second-order valence-corrected chi connectivity index (χ2v) is 6.07. The summed E-state index contributed by atoms with van der Waals surface area (Å²) in [4.78, 5) is 12.1. The van der Waals surface area contributed by atoms with Crippen LogP contribution in [0.2, 0.25) is 0 Å². The molecule has 0 fully saturated rings. The summed E-state index contributed by atoms with van der Waals surface area (Å²) in [5.41, 5.74) is 1.84. The van der Waals surface area contributed by atoms with E-state index in [0.717, 1.165) is 14.7 Å². The number of benzene rings is 1. The third kappa shape index (κ3) is 4.56. The topological polar surface area (TPSA) is 38.3 Å². The fraction of sp³-hybridized carbons (Fsp3) is 0.417. The lowest BCUT2D eigenvalue weighted by Crippen LogP contribution is -2.31. The molecule has 1 aromatic rings. The van der Waals surface area contributed by atoms with Crippen LogP contribution < -0.4 is 5.32 Å². The number of aryl methyl sites for hydroxylation is 1. The summed E-state index contributed by atoms with van der Waals surface area (Å²) in [6.45, 7) is 3.12. The molecule has 0 saturated heterocycles. The number of amides is 1. The van der Waals surface area contributed by atoms with Crippen LogP contribution in [-0.2, 0) is 4.74 Å². The molecular weight excluding hydrogens is 397 g/mol. The zero-order valence-electron chi connectivity index (χ0n) is 9.80. The van der Waals surface area contributed by atoms with Crippen molar-refractivity contribution in [3.05, 3.63) is 32.9 Å². The molecule has 5 heteroatoms. The molecule has 17 heavy (non-hydrogen) atoms. The highest BCUT2D eigenvalue weighted by Crippen LogP contribution is 2.16. The van der Waals surface area contributed by atoms with Crippen molar-refractivity contribution in [3.63, 3.8) is 0 Å². The van der Waals surface area contributed by atoms with Crippen molar-refractivity contribution < 1.29 is 9.53 Å². The molecule has 1 unspecified atom stereocenters. The Bertz CT molecular complexity index is 398. The largest absolute Gasteiger partial charge is 0.383 e. The van der Waals surface area contributed by atoms with Crippen molar-refractivity contribution in [2.45, 2.75) is 11.8 Å². The SMILES string of the molecule is COCC(Br)CNC(=O)c1cccc(C)c1I. The maximum absolute atomic E-state index is 11.9. The quantitative estimate of drug-likeness (QED) is 0.597. The lowest BCUT2D eigenvalue weighted by Gasteiger charge is -2.11. The van der Waals surface area contributed by atoms with Crippen LogP contribution in [-0.4, -0.2) is 31.0 Å². The van der Waals surface area contributed by atoms with Gasteiger partial charge in [0, 0.05) is 17.2 Å². The molecule has 0 spiro atoms. The van der Waals surface area contributed by atoms with E-state index < -0.39 is 0 Å². The van der Waals surface area contributed by atoms with Gasteiger partial charge >= 0.3 is 0 Å². The minimum atomic E-state index is -0.0429. The first-order valence-corrected chi connectivity index (χ1v) is 7.22. The van der Waals surface area contributed by atoms with E-state index in [-0.39, 0.29) is 10.7 Å². The number of nitrogens with one attached hydrogen (secondary N) is 1. The fourth-order valence-electron chi connectivity index (χ4n) is 1.36. The number of halogens is 2. The zero-order chi connectivity index (χ0) is 12.8. The van der Waals surface area contributed by atoms with Crippen molar-refractivity contribution in [3.8, 4) is 0 Å². The number of rotatable bonds is 5. The van der Waals surface area contributed by atoms with E-state index in [1.165, 1.54) is 0 Å². The van der Waals surface area contributed by atoms with Crippen LogP contribution in [0.25, 0.3) is 0 Å². The van der Waals surface area contributed by atoms with Gasteiger partial charge in [0.05, 0.1) is 17.0 Å². The number of methoxy groups -OCH3 is 1. The van der Waals surface area contributed by atoms with Gasteiger partial charge in [0.2, 0.25) is 0 Å². The molecule has 1 N–H and O–H groups in total. The maximum Gasteiger partial charge on any atom is 0.252 e. The van der Waals surface area contributed by atoms with Crippen LogP contribution in [0.5, 0.6) is 0 Å². The first-order valence-electron chi connectivity index (χ1n) is 5.22. The summed E-state index contributed by atoms with van der Waals surface area (Å²) >= 11 is 5.63. The number of carbonyl (C=O) groups excluding carboxylic acids is 1. The molecule has 0 saturated carbocycles. The van der Waals surface area contributed by atoms with Crippen molar-refractivity contribution in [1.82, 2.24) is 5.32 Å². The van der Waals surface area contributed by atoms with Gasteiger partial charge in [-0.2, -0.15) is 0 Å². The Morgan fingerprint density at radius 2 is 2.29 bits per heavy atom. The molecule has 1 rings (SSSR count). The van der Waals surface area contributed by atoms with Crippen LogP contribution in [0, 0.1) is 10.5 Å². The molecular formula is C12H15BrINO2. The summed E-state index contributed by atoms with van der Waals surface area (Å²) in [5, 5.41) is 2.88. The second-order valence-electron chi connectivity index (χ2n) is 3.70. The van der Waals surface area contributed by atoms with Crippen LogP contribution in [0.1, 0.15) is 15.9 Å². The first kappa shape index (κ1) is 14.9. The van der Waals surface area contributed by atoms with Crippen LogP contribution in [0.3, 0.4) is 0 Å². The number of alkyl halides is 1. The van der Waals surface area contributed by atoms with E-state index in [0.29, 0.717) is 13.2 Å². The molecule has 1 amide bonds. The van der Waals surface area contributed by atoms with Gasteiger partial charge in [-0.05, 0) is 41.1 Å². The minimum Gasteiger partial charge on any atom is -0.383 e. The van der Waals surface area contributed by atoms with Gasteiger partial charge in [-0.1, -0.05) is 28.1 Å². The number of hydrogen-bond acceptors (Lipinski definition) is 2. The molecule has 0 radical (unpaired) electrons. The van der Waals surface area contributed by atoms with Crippen molar-refractivity contribution in [2.24, 2.45) is 0 Å². The first-order chi connectivity index (χ1) is 8.06. The Morgan fingerprint density at radius 3 is 2.94 bits per heavy atom. The Labute approximate surface area is 124 Å². The summed E-state index contributed by atoms with van der Waals surface area (Å²) in [6, 6.07) is 5.73. The monoisotopic (exact) mass is 411 g/mol. The van der Waals surface area contributed by atoms with Gasteiger partial charge in [-0.15, -0.1) is 0 Å². The average Bonchev–Trinajstić information content (AvgIpc) is 2.30. The Hall–Kier alpha value is -0.140. The maximum atomic E-state index is 11.9. The van der Waals surface area contributed by atoms with Crippen LogP contribution in [0.15, 0.2) is 18.2 Å². The van der Waals surface area contributed by atoms with Crippen molar-refractivity contribution >= 4 is 44.4 Å². The van der Waals surface area contributed by atoms with Gasteiger partial charge in [-0.3, -0.25) is 4.79 Å². The Balaban J connectivity index is 2.61. The molecule has 0 aromatic heterocycles. The molecule has 0 aliphatic carbocycles. The third-order valence-electron chi connectivity index (χ3n) is 2.27. The molecule has 0 bridgehead atoms. The number of ether oxygens (including phenoxy) is 1. The van der Waals surface area contributed by atoms with Crippen molar-refractivity contribution in [2.75, 3.05) is 20.3 Å². The van der Waals surface area contributed by atoms with E-state index in [4.69, 9.17) is 4.74 Å². The Kier molecular flexibility index (Phi) is 6.43. The number of hydrogen-bond donors (Lipinski definition) is 1. The minimum absolute atomic E-state index is 0.0429. The summed E-state index contributed by atoms with van der Waals surface area (Å²) < 4.78 is 5.99. The summed E-state index contributed by atoms with van der Waals surface area (Å²) in [6.07, 6.45) is 0. The standard InChI is InChI=1S/C12H15BrINO2/c1-8-4-3-5-10(11(8)14)12(16)15-6-9(13)7-17-2/h3-5,9H,6-7H2,1-2H3,(H,15,16). The van der Waals surface area contributed by atoms with Gasteiger partial charge in [0.15, 0.2) is 0 Å². The lowest BCUT2D eigenvalue weighted by molar-refractivity contribution is 0.0949. The molecule has 94 valence electrons. The normalized spacial score (nSPS) is 12.2. The fourth-order valence-corrected chi connectivity index (χ4v) is 2.39. The lowest BCUT2D eigenvalue weighted by atomic mass is 10.1. The molecule has 0 aliphatic heterocycles. The highest BCUT2D eigenvalue weighted by Gasteiger charge is 2.12. The third-order valence-corrected chi connectivity index (χ3v) is 4.29. The van der Waals surface area contributed by atoms with E-state index >= 15 is 0 Å². The highest BCUT2D eigenvalue weighted by atomic mass is 127. The Morgan fingerprint density at radius 1 is 1.59 bits per heavy atom. The molecule has 1 atom stereocenters. The molecule has 0 aliphatic rings. The predicted molar refractivity (Wildman–Crippen MR) is 80.8 cm³/mol. The van der Waals surface area contributed by atoms with Gasteiger partial charge < -0.3 is 10.1 Å².